The highest BCUT2D eigenvalue weighted by Gasteiger charge is 2.33. The Balaban J connectivity index is 1.44. The van der Waals surface area contributed by atoms with Gasteiger partial charge in [0.05, 0.1) is 0 Å². The van der Waals surface area contributed by atoms with E-state index in [2.05, 4.69) is 10.2 Å². The van der Waals surface area contributed by atoms with Crippen LogP contribution in [0.1, 0.15) is 31.2 Å². The minimum atomic E-state index is -0.329. The molecule has 2 atom stereocenters. The minimum Gasteiger partial charge on any atom is -0.398 e. The standard InChI is InChI=1S/C20H24N4OS/c21-17-11-13(18-5-2-10-26-18)6-7-16(17)19(22)20(25)23-14-3-1-4-15-8-9-24(15)12-14/h2,5-7,10-11,14-15,22H,1,3-4,8-9,12,21H2,(H,23,25)/t14-,15?/m0/s1. The van der Waals surface area contributed by atoms with E-state index in [4.69, 9.17) is 11.1 Å². The predicted molar refractivity (Wildman–Crippen MR) is 107 cm³/mol. The Labute approximate surface area is 157 Å². The largest absolute Gasteiger partial charge is 0.398 e. The molecule has 1 aromatic heterocycles. The van der Waals surface area contributed by atoms with E-state index in [0.717, 1.165) is 36.4 Å². The van der Waals surface area contributed by atoms with Crippen molar-refractivity contribution in [2.75, 3.05) is 18.8 Å². The van der Waals surface area contributed by atoms with Gasteiger partial charge in [0.25, 0.3) is 5.91 Å². The Morgan fingerprint density at radius 1 is 1.27 bits per heavy atom. The van der Waals surface area contributed by atoms with Crippen LogP contribution in [0.25, 0.3) is 10.4 Å². The molecule has 1 amide bonds. The number of nitrogens with two attached hydrogens (primary N) is 1. The van der Waals surface area contributed by atoms with E-state index < -0.39 is 0 Å². The van der Waals surface area contributed by atoms with Gasteiger partial charge in [-0.1, -0.05) is 12.1 Å². The molecule has 0 saturated carbocycles. The Bertz CT molecular complexity index is 817. The monoisotopic (exact) mass is 368 g/mol. The highest BCUT2D eigenvalue weighted by atomic mass is 32.1. The third kappa shape index (κ3) is 3.39. The number of carbonyl (C=O) groups is 1. The maximum absolute atomic E-state index is 12.6. The zero-order chi connectivity index (χ0) is 18.1. The molecule has 0 spiro atoms. The lowest BCUT2D eigenvalue weighted by atomic mass is 10.00. The number of carbonyl (C=O) groups excluding carboxylic acids is 1. The van der Waals surface area contributed by atoms with Gasteiger partial charge in [0, 0.05) is 34.8 Å². The Morgan fingerprint density at radius 3 is 2.85 bits per heavy atom. The fourth-order valence-corrected chi connectivity index (χ4v) is 4.64. The van der Waals surface area contributed by atoms with Crippen LogP contribution >= 0.6 is 11.3 Å². The van der Waals surface area contributed by atoms with Crippen molar-refractivity contribution in [3.8, 4) is 10.4 Å². The summed E-state index contributed by atoms with van der Waals surface area (Å²) in [7, 11) is 0. The molecule has 26 heavy (non-hydrogen) atoms. The molecular weight excluding hydrogens is 344 g/mol. The lowest BCUT2D eigenvalue weighted by Gasteiger charge is -2.40. The Hall–Kier alpha value is -2.18. The molecule has 0 radical (unpaired) electrons. The van der Waals surface area contributed by atoms with Crippen LogP contribution in [0, 0.1) is 5.41 Å². The van der Waals surface area contributed by atoms with Crippen molar-refractivity contribution in [3.05, 3.63) is 41.3 Å². The Morgan fingerprint density at radius 2 is 2.15 bits per heavy atom. The second-order valence-electron chi connectivity index (χ2n) is 7.19. The van der Waals surface area contributed by atoms with Crippen molar-refractivity contribution in [1.82, 2.24) is 10.2 Å². The van der Waals surface area contributed by atoms with E-state index >= 15 is 0 Å². The average Bonchev–Trinajstić information content (AvgIpc) is 3.11. The third-order valence-electron chi connectivity index (χ3n) is 5.50. The molecule has 2 saturated heterocycles. The van der Waals surface area contributed by atoms with E-state index in [-0.39, 0.29) is 17.7 Å². The molecule has 6 heteroatoms. The van der Waals surface area contributed by atoms with Crippen LogP contribution < -0.4 is 11.1 Å². The number of benzene rings is 1. The van der Waals surface area contributed by atoms with Crippen molar-refractivity contribution >= 4 is 28.6 Å². The fourth-order valence-electron chi connectivity index (χ4n) is 3.92. The zero-order valence-corrected chi connectivity index (χ0v) is 15.5. The van der Waals surface area contributed by atoms with Crippen LogP contribution in [0.2, 0.25) is 0 Å². The van der Waals surface area contributed by atoms with Crippen molar-refractivity contribution in [1.29, 1.82) is 5.41 Å². The first kappa shape index (κ1) is 17.2. The minimum absolute atomic E-state index is 0.0513. The van der Waals surface area contributed by atoms with E-state index in [1.807, 2.05) is 29.6 Å². The molecule has 136 valence electrons. The van der Waals surface area contributed by atoms with Crippen LogP contribution in [0.4, 0.5) is 5.69 Å². The van der Waals surface area contributed by atoms with Crippen LogP contribution in [-0.4, -0.2) is 41.7 Å². The van der Waals surface area contributed by atoms with E-state index in [9.17, 15) is 4.79 Å². The molecule has 2 aliphatic rings. The SMILES string of the molecule is N=C(C(=O)N[C@H]1CCCC2CCN2C1)c1ccc(-c2cccs2)cc1N. The fraction of sp³-hybridized carbons (Fsp3) is 0.400. The molecule has 4 N–H and O–H groups in total. The second-order valence-corrected chi connectivity index (χ2v) is 8.14. The first-order valence-corrected chi connectivity index (χ1v) is 10.1. The molecule has 3 heterocycles. The number of anilines is 1. The molecular formula is C20H24N4OS. The number of nitrogen functional groups attached to an aromatic ring is 1. The number of amides is 1. The molecule has 1 unspecified atom stereocenters. The van der Waals surface area contributed by atoms with Gasteiger partial charge in [0.2, 0.25) is 0 Å². The Kier molecular flexibility index (Phi) is 4.78. The molecule has 0 aliphatic carbocycles. The summed E-state index contributed by atoms with van der Waals surface area (Å²) in [5.74, 6) is -0.329. The first-order chi connectivity index (χ1) is 12.6. The lowest BCUT2D eigenvalue weighted by Crippen LogP contribution is -2.52. The highest BCUT2D eigenvalue weighted by molar-refractivity contribution is 7.13. The summed E-state index contributed by atoms with van der Waals surface area (Å²) < 4.78 is 0. The number of nitrogens with one attached hydrogen (secondary N) is 2. The number of fused-ring (bicyclic) bond motifs is 1. The number of hydrogen-bond acceptors (Lipinski definition) is 5. The van der Waals surface area contributed by atoms with Gasteiger partial charge in [-0.2, -0.15) is 0 Å². The normalized spacial score (nSPS) is 22.8. The van der Waals surface area contributed by atoms with E-state index in [1.54, 1.807) is 17.4 Å². The van der Waals surface area contributed by atoms with E-state index in [0.29, 0.717) is 17.3 Å². The molecule has 2 aliphatic heterocycles. The quantitative estimate of drug-likeness (QED) is 0.573. The second kappa shape index (κ2) is 7.21. The number of nitrogens with zero attached hydrogens (tertiary/aromatic N) is 1. The number of hydrogen-bond donors (Lipinski definition) is 3. The van der Waals surface area contributed by atoms with Gasteiger partial charge in [-0.25, -0.2) is 0 Å². The summed E-state index contributed by atoms with van der Waals surface area (Å²) in [5, 5.41) is 13.4. The van der Waals surface area contributed by atoms with Crippen molar-refractivity contribution < 1.29 is 4.79 Å². The van der Waals surface area contributed by atoms with Crippen molar-refractivity contribution in [2.45, 2.75) is 37.8 Å². The van der Waals surface area contributed by atoms with Crippen molar-refractivity contribution in [3.63, 3.8) is 0 Å². The first-order valence-electron chi connectivity index (χ1n) is 9.19. The van der Waals surface area contributed by atoms with Gasteiger partial charge in [-0.15, -0.1) is 11.3 Å². The van der Waals surface area contributed by atoms with Crippen LogP contribution in [0.3, 0.4) is 0 Å². The number of thiophene rings is 1. The topological polar surface area (TPSA) is 82.2 Å². The van der Waals surface area contributed by atoms with Gasteiger partial charge in [0.1, 0.15) is 5.71 Å². The summed E-state index contributed by atoms with van der Waals surface area (Å²) in [6, 6.07) is 10.4. The van der Waals surface area contributed by atoms with Gasteiger partial charge < -0.3 is 11.1 Å². The molecule has 1 aromatic carbocycles. The summed E-state index contributed by atoms with van der Waals surface area (Å²) in [4.78, 5) is 16.2. The summed E-state index contributed by atoms with van der Waals surface area (Å²) in [6.45, 7) is 2.03. The summed E-state index contributed by atoms with van der Waals surface area (Å²) in [6.07, 6.45) is 4.63. The maximum Gasteiger partial charge on any atom is 0.270 e. The summed E-state index contributed by atoms with van der Waals surface area (Å²) >= 11 is 1.64. The predicted octanol–water partition coefficient (Wildman–Crippen LogP) is 3.11. The maximum atomic E-state index is 12.6. The van der Waals surface area contributed by atoms with Gasteiger partial charge in [0.15, 0.2) is 0 Å². The molecule has 2 aromatic rings. The van der Waals surface area contributed by atoms with Crippen molar-refractivity contribution in [2.24, 2.45) is 0 Å². The smallest absolute Gasteiger partial charge is 0.270 e. The van der Waals surface area contributed by atoms with Crippen LogP contribution in [0.5, 0.6) is 0 Å². The summed E-state index contributed by atoms with van der Waals surface area (Å²) in [5.41, 5.74) is 8.08. The highest BCUT2D eigenvalue weighted by Crippen LogP contribution is 2.29. The van der Waals surface area contributed by atoms with Crippen LogP contribution in [-0.2, 0) is 4.79 Å². The van der Waals surface area contributed by atoms with Gasteiger partial charge in [-0.05, 0) is 61.4 Å². The van der Waals surface area contributed by atoms with Gasteiger partial charge >= 0.3 is 0 Å². The molecule has 2 fully saturated rings. The van der Waals surface area contributed by atoms with E-state index in [1.165, 1.54) is 12.8 Å². The third-order valence-corrected chi connectivity index (χ3v) is 6.42. The lowest BCUT2D eigenvalue weighted by molar-refractivity contribution is -0.115. The molecule has 5 nitrogen and oxygen atoms in total. The van der Waals surface area contributed by atoms with Crippen LogP contribution in [0.15, 0.2) is 35.7 Å². The number of rotatable bonds is 4. The average molecular weight is 369 g/mol. The zero-order valence-electron chi connectivity index (χ0n) is 14.7. The van der Waals surface area contributed by atoms with Gasteiger partial charge in [-0.3, -0.25) is 15.1 Å². The molecule has 0 bridgehead atoms. The molecule has 4 rings (SSSR count).